The minimum absolute atomic E-state index is 0.0888. The molecule has 6 heteroatoms. The summed E-state index contributed by atoms with van der Waals surface area (Å²) in [6.07, 6.45) is 4.01. The van der Waals surface area contributed by atoms with Gasteiger partial charge in [-0.05, 0) is 50.2 Å². The topological polar surface area (TPSA) is 69.6 Å². The Bertz CT molecular complexity index is 639. The summed E-state index contributed by atoms with van der Waals surface area (Å²) in [6.45, 7) is 2.83. The molecule has 2 aliphatic carbocycles. The van der Waals surface area contributed by atoms with Gasteiger partial charge in [0.25, 0.3) is 5.91 Å². The molecule has 1 aromatic rings. The number of carbonyl (C=O) groups is 2. The van der Waals surface area contributed by atoms with Crippen molar-refractivity contribution in [3.8, 4) is 0 Å². The summed E-state index contributed by atoms with van der Waals surface area (Å²) in [7, 11) is 0. The number of halogens is 1. The van der Waals surface area contributed by atoms with E-state index in [1.807, 2.05) is 19.1 Å². The van der Waals surface area contributed by atoms with Gasteiger partial charge >= 0.3 is 5.97 Å². The van der Waals surface area contributed by atoms with Crippen molar-refractivity contribution in [3.05, 3.63) is 34.3 Å². The molecule has 1 amide bonds. The Morgan fingerprint density at radius 1 is 1.33 bits per heavy atom. The summed E-state index contributed by atoms with van der Waals surface area (Å²) in [5.74, 6) is -0.280. The first-order chi connectivity index (χ1) is 11.4. The first kappa shape index (κ1) is 17.2. The highest BCUT2D eigenvalue weighted by molar-refractivity contribution is 6.34. The minimum atomic E-state index is -0.783. The van der Waals surface area contributed by atoms with Crippen LogP contribution in [0, 0.1) is 12.8 Å². The number of carboxylic acids is 1. The Labute approximate surface area is 147 Å². The normalized spacial score (nSPS) is 23.0. The van der Waals surface area contributed by atoms with E-state index in [0.717, 1.165) is 24.9 Å². The number of nitrogens with one attached hydrogen (secondary N) is 1. The fourth-order valence-corrected chi connectivity index (χ4v) is 3.45. The van der Waals surface area contributed by atoms with Crippen molar-refractivity contribution in [1.29, 1.82) is 0 Å². The summed E-state index contributed by atoms with van der Waals surface area (Å²) in [5.41, 5.74) is 1.38. The van der Waals surface area contributed by atoms with Crippen LogP contribution >= 0.6 is 11.6 Å². The van der Waals surface area contributed by atoms with E-state index in [-0.39, 0.29) is 24.5 Å². The molecule has 2 saturated carbocycles. The molecule has 3 rings (SSSR count). The SMILES string of the molecule is Cc1cccc(C(=O)NC2CC(N(CC(=O)O)CC3CC3)C2)c1Cl. The monoisotopic (exact) mass is 350 g/mol. The van der Waals surface area contributed by atoms with Gasteiger partial charge in [0.15, 0.2) is 0 Å². The van der Waals surface area contributed by atoms with Crippen molar-refractivity contribution >= 4 is 23.5 Å². The van der Waals surface area contributed by atoms with Crippen LogP contribution in [-0.2, 0) is 4.79 Å². The van der Waals surface area contributed by atoms with Crippen molar-refractivity contribution in [2.75, 3.05) is 13.1 Å². The second-order valence-electron chi connectivity index (χ2n) is 7.00. The first-order valence-corrected chi connectivity index (χ1v) is 8.83. The molecule has 130 valence electrons. The Balaban J connectivity index is 1.52. The highest BCUT2D eigenvalue weighted by atomic mass is 35.5. The predicted molar refractivity (Wildman–Crippen MR) is 92.4 cm³/mol. The molecule has 0 unspecified atom stereocenters. The lowest BCUT2D eigenvalue weighted by molar-refractivity contribution is -0.139. The van der Waals surface area contributed by atoms with E-state index in [0.29, 0.717) is 16.5 Å². The molecular weight excluding hydrogens is 328 g/mol. The summed E-state index contributed by atoms with van der Waals surface area (Å²) >= 11 is 6.20. The van der Waals surface area contributed by atoms with Gasteiger partial charge < -0.3 is 10.4 Å². The van der Waals surface area contributed by atoms with Crippen molar-refractivity contribution < 1.29 is 14.7 Å². The zero-order valence-electron chi connectivity index (χ0n) is 13.8. The molecule has 24 heavy (non-hydrogen) atoms. The molecule has 0 bridgehead atoms. The molecule has 2 N–H and O–H groups in total. The molecule has 5 nitrogen and oxygen atoms in total. The van der Waals surface area contributed by atoms with Gasteiger partial charge in [0.2, 0.25) is 0 Å². The van der Waals surface area contributed by atoms with E-state index in [1.165, 1.54) is 12.8 Å². The average Bonchev–Trinajstić information content (AvgIpc) is 3.28. The molecular formula is C18H23ClN2O3. The highest BCUT2D eigenvalue weighted by Gasteiger charge is 2.37. The molecule has 0 atom stereocenters. The molecule has 0 heterocycles. The summed E-state index contributed by atoms with van der Waals surface area (Å²) < 4.78 is 0. The van der Waals surface area contributed by atoms with Crippen LogP contribution in [0.25, 0.3) is 0 Å². The first-order valence-electron chi connectivity index (χ1n) is 8.46. The third kappa shape index (κ3) is 4.08. The van der Waals surface area contributed by atoms with Gasteiger partial charge in [0.05, 0.1) is 17.1 Å². The molecule has 0 saturated heterocycles. The second-order valence-corrected chi connectivity index (χ2v) is 7.38. The van der Waals surface area contributed by atoms with Gasteiger partial charge in [-0.25, -0.2) is 0 Å². The largest absolute Gasteiger partial charge is 0.480 e. The molecule has 2 aliphatic rings. The van der Waals surface area contributed by atoms with Crippen LogP contribution in [0.3, 0.4) is 0 Å². The molecule has 0 aromatic heterocycles. The van der Waals surface area contributed by atoms with E-state index >= 15 is 0 Å². The number of carbonyl (C=O) groups excluding carboxylic acids is 1. The summed E-state index contributed by atoms with van der Waals surface area (Å²) in [5, 5.41) is 12.6. The third-order valence-electron chi connectivity index (χ3n) is 4.93. The van der Waals surface area contributed by atoms with Gasteiger partial charge in [0, 0.05) is 18.6 Å². The third-order valence-corrected chi connectivity index (χ3v) is 5.43. The van der Waals surface area contributed by atoms with Crippen LogP contribution in [0.5, 0.6) is 0 Å². The van der Waals surface area contributed by atoms with Crippen LogP contribution in [0.15, 0.2) is 18.2 Å². The van der Waals surface area contributed by atoms with Crippen molar-refractivity contribution in [3.63, 3.8) is 0 Å². The number of amides is 1. The smallest absolute Gasteiger partial charge is 0.317 e. The average molecular weight is 351 g/mol. The van der Waals surface area contributed by atoms with Crippen molar-refractivity contribution in [1.82, 2.24) is 10.2 Å². The maximum atomic E-state index is 12.4. The van der Waals surface area contributed by atoms with Crippen LogP contribution < -0.4 is 5.32 Å². The second kappa shape index (κ2) is 7.11. The lowest BCUT2D eigenvalue weighted by atomic mass is 9.85. The number of benzene rings is 1. The Morgan fingerprint density at radius 2 is 2.04 bits per heavy atom. The molecule has 0 spiro atoms. The lowest BCUT2D eigenvalue weighted by Gasteiger charge is -2.42. The quantitative estimate of drug-likeness (QED) is 0.793. The van der Waals surface area contributed by atoms with E-state index in [9.17, 15) is 9.59 Å². The zero-order chi connectivity index (χ0) is 17.3. The Kier molecular flexibility index (Phi) is 5.11. The number of hydrogen-bond acceptors (Lipinski definition) is 3. The maximum Gasteiger partial charge on any atom is 0.317 e. The van der Waals surface area contributed by atoms with Crippen LogP contribution in [-0.4, -0.2) is 47.1 Å². The number of nitrogens with zero attached hydrogens (tertiary/aromatic N) is 1. The summed E-state index contributed by atoms with van der Waals surface area (Å²) in [6, 6.07) is 5.77. The molecule has 0 radical (unpaired) electrons. The van der Waals surface area contributed by atoms with Gasteiger partial charge in [-0.1, -0.05) is 23.7 Å². The fourth-order valence-electron chi connectivity index (χ4n) is 3.24. The molecule has 2 fully saturated rings. The van der Waals surface area contributed by atoms with E-state index in [1.54, 1.807) is 6.07 Å². The Morgan fingerprint density at radius 3 is 2.67 bits per heavy atom. The van der Waals surface area contributed by atoms with E-state index in [4.69, 9.17) is 16.7 Å². The summed E-state index contributed by atoms with van der Waals surface area (Å²) in [4.78, 5) is 25.5. The van der Waals surface area contributed by atoms with Gasteiger partial charge in [-0.15, -0.1) is 0 Å². The van der Waals surface area contributed by atoms with Gasteiger partial charge in [-0.2, -0.15) is 0 Å². The van der Waals surface area contributed by atoms with Crippen molar-refractivity contribution in [2.45, 2.75) is 44.7 Å². The lowest BCUT2D eigenvalue weighted by Crippen LogP contribution is -2.55. The number of aliphatic carboxylic acids is 1. The van der Waals surface area contributed by atoms with Crippen LogP contribution in [0.2, 0.25) is 5.02 Å². The number of rotatable bonds is 7. The number of hydrogen-bond donors (Lipinski definition) is 2. The molecule has 1 aromatic carbocycles. The standard InChI is InChI=1S/C18H23ClN2O3/c1-11-3-2-4-15(17(11)19)18(24)20-13-7-14(8-13)21(10-16(22)23)9-12-5-6-12/h2-4,12-14H,5-10H2,1H3,(H,20,24)(H,22,23). The van der Waals surface area contributed by atoms with Gasteiger partial charge in [-0.3, -0.25) is 14.5 Å². The van der Waals surface area contributed by atoms with Gasteiger partial charge in [0.1, 0.15) is 0 Å². The Hall–Kier alpha value is -1.59. The van der Waals surface area contributed by atoms with Crippen LogP contribution in [0.1, 0.15) is 41.6 Å². The predicted octanol–water partition coefficient (Wildman–Crippen LogP) is 2.71. The van der Waals surface area contributed by atoms with Crippen molar-refractivity contribution in [2.24, 2.45) is 5.92 Å². The fraction of sp³-hybridized carbons (Fsp3) is 0.556. The maximum absolute atomic E-state index is 12.4. The molecule has 0 aliphatic heterocycles. The van der Waals surface area contributed by atoms with E-state index in [2.05, 4.69) is 10.2 Å². The number of aryl methyl sites for hydroxylation is 1. The highest BCUT2D eigenvalue weighted by Crippen LogP contribution is 2.34. The minimum Gasteiger partial charge on any atom is -0.480 e. The number of carboxylic acid groups (broad SMARTS) is 1. The van der Waals surface area contributed by atoms with Crippen LogP contribution in [0.4, 0.5) is 0 Å². The van der Waals surface area contributed by atoms with E-state index < -0.39 is 5.97 Å². The zero-order valence-corrected chi connectivity index (χ0v) is 14.6.